The normalized spacial score (nSPS) is 11.8. The number of hydrogen-bond acceptors (Lipinski definition) is 4. The number of rotatable bonds is 7. The summed E-state index contributed by atoms with van der Waals surface area (Å²) in [4.78, 5) is 22.6. The topological polar surface area (TPSA) is 84.9 Å². The van der Waals surface area contributed by atoms with Crippen LogP contribution in [-0.4, -0.2) is 37.3 Å². The SMILES string of the molecule is CCOCC(=O)NC(C(=O)O)c1ccc(OC)c(F)c1. The maximum atomic E-state index is 13.6. The Morgan fingerprint density at radius 3 is 2.65 bits per heavy atom. The molecule has 0 saturated heterocycles. The van der Waals surface area contributed by atoms with Crippen molar-refractivity contribution in [3.05, 3.63) is 29.6 Å². The molecule has 1 amide bonds. The Kier molecular flexibility index (Phi) is 5.92. The number of methoxy groups -OCH3 is 1. The van der Waals surface area contributed by atoms with Crippen molar-refractivity contribution in [1.82, 2.24) is 5.32 Å². The monoisotopic (exact) mass is 285 g/mol. The van der Waals surface area contributed by atoms with Gasteiger partial charge in [0.15, 0.2) is 17.6 Å². The molecule has 6 nitrogen and oxygen atoms in total. The van der Waals surface area contributed by atoms with E-state index in [1.165, 1.54) is 19.2 Å². The van der Waals surface area contributed by atoms with Gasteiger partial charge in [0, 0.05) is 6.61 Å². The molecule has 0 fully saturated rings. The van der Waals surface area contributed by atoms with Gasteiger partial charge in [0.25, 0.3) is 0 Å². The highest BCUT2D eigenvalue weighted by Gasteiger charge is 2.23. The molecule has 1 rings (SSSR count). The van der Waals surface area contributed by atoms with Gasteiger partial charge in [-0.2, -0.15) is 0 Å². The molecule has 0 spiro atoms. The summed E-state index contributed by atoms with van der Waals surface area (Å²) >= 11 is 0. The van der Waals surface area contributed by atoms with Crippen molar-refractivity contribution in [1.29, 1.82) is 0 Å². The lowest BCUT2D eigenvalue weighted by atomic mass is 10.1. The first-order valence-corrected chi connectivity index (χ1v) is 5.93. The van der Waals surface area contributed by atoms with Crippen molar-refractivity contribution in [2.45, 2.75) is 13.0 Å². The van der Waals surface area contributed by atoms with Gasteiger partial charge in [0.05, 0.1) is 7.11 Å². The largest absolute Gasteiger partial charge is 0.494 e. The van der Waals surface area contributed by atoms with Crippen molar-refractivity contribution in [2.75, 3.05) is 20.3 Å². The molecule has 0 aliphatic carbocycles. The zero-order valence-electron chi connectivity index (χ0n) is 11.2. The number of carbonyl (C=O) groups is 2. The summed E-state index contributed by atoms with van der Waals surface area (Å²) in [6.45, 7) is 1.79. The zero-order chi connectivity index (χ0) is 15.1. The van der Waals surface area contributed by atoms with E-state index in [9.17, 15) is 14.0 Å². The molecule has 0 radical (unpaired) electrons. The predicted octanol–water partition coefficient (Wildman–Crippen LogP) is 1.11. The van der Waals surface area contributed by atoms with Crippen LogP contribution in [0.15, 0.2) is 18.2 Å². The van der Waals surface area contributed by atoms with E-state index in [1.54, 1.807) is 6.92 Å². The number of carboxylic acids is 1. The van der Waals surface area contributed by atoms with Crippen LogP contribution in [0.25, 0.3) is 0 Å². The fraction of sp³-hybridized carbons (Fsp3) is 0.385. The van der Waals surface area contributed by atoms with Crippen LogP contribution >= 0.6 is 0 Å². The number of aliphatic carboxylic acids is 1. The number of halogens is 1. The van der Waals surface area contributed by atoms with E-state index >= 15 is 0 Å². The molecule has 0 bridgehead atoms. The fourth-order valence-corrected chi connectivity index (χ4v) is 1.55. The van der Waals surface area contributed by atoms with Gasteiger partial charge in [0.2, 0.25) is 5.91 Å². The molecule has 0 aliphatic rings. The van der Waals surface area contributed by atoms with E-state index in [4.69, 9.17) is 14.6 Å². The summed E-state index contributed by atoms with van der Waals surface area (Å²) in [5.74, 6) is -2.58. The molecule has 0 saturated carbocycles. The van der Waals surface area contributed by atoms with Crippen molar-refractivity contribution in [3.8, 4) is 5.75 Å². The first-order valence-electron chi connectivity index (χ1n) is 5.93. The lowest BCUT2D eigenvalue weighted by Crippen LogP contribution is -2.36. The Bertz CT molecular complexity index is 492. The quantitative estimate of drug-likeness (QED) is 0.784. The Hall–Kier alpha value is -2.15. The summed E-state index contributed by atoms with van der Waals surface area (Å²) in [5.41, 5.74) is 0.112. The highest BCUT2D eigenvalue weighted by atomic mass is 19.1. The van der Waals surface area contributed by atoms with Crippen LogP contribution in [0.5, 0.6) is 5.75 Å². The summed E-state index contributed by atoms with van der Waals surface area (Å²) in [5, 5.41) is 11.4. The number of ether oxygens (including phenoxy) is 2. The van der Waals surface area contributed by atoms with E-state index in [1.807, 2.05) is 0 Å². The molecule has 0 aromatic heterocycles. The Labute approximate surface area is 115 Å². The van der Waals surface area contributed by atoms with E-state index in [0.29, 0.717) is 6.61 Å². The average molecular weight is 285 g/mol. The van der Waals surface area contributed by atoms with Crippen LogP contribution in [-0.2, 0) is 14.3 Å². The van der Waals surface area contributed by atoms with Gasteiger partial charge in [0.1, 0.15) is 6.61 Å². The van der Waals surface area contributed by atoms with Gasteiger partial charge in [-0.05, 0) is 24.6 Å². The van der Waals surface area contributed by atoms with E-state index in [0.717, 1.165) is 6.07 Å². The predicted molar refractivity (Wildman–Crippen MR) is 68.0 cm³/mol. The second kappa shape index (κ2) is 7.44. The summed E-state index contributed by atoms with van der Waals surface area (Å²) in [7, 11) is 1.30. The Morgan fingerprint density at radius 1 is 1.45 bits per heavy atom. The fourth-order valence-electron chi connectivity index (χ4n) is 1.55. The van der Waals surface area contributed by atoms with Crippen LogP contribution < -0.4 is 10.1 Å². The lowest BCUT2D eigenvalue weighted by Gasteiger charge is -2.15. The molecule has 7 heteroatoms. The van der Waals surface area contributed by atoms with Crippen molar-refractivity contribution < 1.29 is 28.6 Å². The minimum Gasteiger partial charge on any atom is -0.494 e. The highest BCUT2D eigenvalue weighted by molar-refractivity contribution is 5.85. The molecule has 1 aromatic rings. The molecule has 20 heavy (non-hydrogen) atoms. The summed E-state index contributed by atoms with van der Waals surface area (Å²) < 4.78 is 23.2. The third-order valence-corrected chi connectivity index (χ3v) is 2.50. The van der Waals surface area contributed by atoms with Gasteiger partial charge in [-0.25, -0.2) is 9.18 Å². The number of amides is 1. The molecule has 1 unspecified atom stereocenters. The van der Waals surface area contributed by atoms with Gasteiger partial charge in [-0.15, -0.1) is 0 Å². The van der Waals surface area contributed by atoms with Crippen LogP contribution in [0.4, 0.5) is 4.39 Å². The van der Waals surface area contributed by atoms with E-state index < -0.39 is 23.7 Å². The highest BCUT2D eigenvalue weighted by Crippen LogP contribution is 2.22. The Balaban J connectivity index is 2.88. The van der Waals surface area contributed by atoms with Crippen LogP contribution in [0.2, 0.25) is 0 Å². The van der Waals surface area contributed by atoms with Crippen molar-refractivity contribution in [3.63, 3.8) is 0 Å². The van der Waals surface area contributed by atoms with Crippen molar-refractivity contribution in [2.24, 2.45) is 0 Å². The first kappa shape index (κ1) is 15.9. The summed E-state index contributed by atoms with van der Waals surface area (Å²) in [6, 6.07) is 2.35. The average Bonchev–Trinajstić information content (AvgIpc) is 2.42. The van der Waals surface area contributed by atoms with Crippen molar-refractivity contribution >= 4 is 11.9 Å². The molecule has 1 aromatic carbocycles. The number of carboxylic acid groups (broad SMARTS) is 1. The molecule has 0 heterocycles. The number of nitrogens with one attached hydrogen (secondary N) is 1. The zero-order valence-corrected chi connectivity index (χ0v) is 11.2. The third-order valence-electron chi connectivity index (χ3n) is 2.50. The molecule has 1 atom stereocenters. The minimum atomic E-state index is -1.34. The van der Waals surface area contributed by atoms with Gasteiger partial charge >= 0.3 is 5.97 Å². The van der Waals surface area contributed by atoms with Crippen LogP contribution in [0.1, 0.15) is 18.5 Å². The lowest BCUT2D eigenvalue weighted by molar-refractivity contribution is -0.142. The summed E-state index contributed by atoms with van der Waals surface area (Å²) in [6.07, 6.45) is 0. The first-order chi connectivity index (χ1) is 9.49. The van der Waals surface area contributed by atoms with E-state index in [2.05, 4.69) is 5.32 Å². The minimum absolute atomic E-state index is 0.00136. The maximum absolute atomic E-state index is 13.6. The molecule has 110 valence electrons. The van der Waals surface area contributed by atoms with E-state index in [-0.39, 0.29) is 17.9 Å². The Morgan fingerprint density at radius 2 is 2.15 bits per heavy atom. The molecular formula is C13H16FNO5. The smallest absolute Gasteiger partial charge is 0.330 e. The third kappa shape index (κ3) is 4.20. The second-order valence-corrected chi connectivity index (χ2v) is 3.87. The van der Waals surface area contributed by atoms with Crippen LogP contribution in [0, 0.1) is 5.82 Å². The number of hydrogen-bond donors (Lipinski definition) is 2. The molecular weight excluding hydrogens is 269 g/mol. The molecule has 2 N–H and O–H groups in total. The van der Waals surface area contributed by atoms with Crippen LogP contribution in [0.3, 0.4) is 0 Å². The van der Waals surface area contributed by atoms with Gasteiger partial charge in [-0.3, -0.25) is 4.79 Å². The number of carbonyl (C=O) groups excluding carboxylic acids is 1. The molecule has 0 aliphatic heterocycles. The van der Waals surface area contributed by atoms with Gasteiger partial charge in [-0.1, -0.05) is 6.07 Å². The second-order valence-electron chi connectivity index (χ2n) is 3.87. The standard InChI is InChI=1S/C13H16FNO5/c1-3-20-7-11(16)15-12(13(17)18)8-4-5-10(19-2)9(14)6-8/h4-6,12H,3,7H2,1-2H3,(H,15,16)(H,17,18). The maximum Gasteiger partial charge on any atom is 0.330 e. The number of benzene rings is 1. The van der Waals surface area contributed by atoms with Gasteiger partial charge < -0.3 is 19.9 Å².